The number of amides is 1. The number of hydrogen-bond acceptors (Lipinski definition) is 4. The quantitative estimate of drug-likeness (QED) is 0.554. The number of carbonyl (C=O) groups is 1. The second kappa shape index (κ2) is 8.61. The Bertz CT molecular complexity index is 963. The lowest BCUT2D eigenvalue weighted by molar-refractivity contribution is -0.115. The molecule has 0 saturated carbocycles. The van der Waals surface area contributed by atoms with Gasteiger partial charge in [-0.3, -0.25) is 9.89 Å². The zero-order chi connectivity index (χ0) is 20.3. The molecule has 0 saturated heterocycles. The number of rotatable bonds is 6. The smallest absolute Gasteiger partial charge is 0.237 e. The van der Waals surface area contributed by atoms with Crippen LogP contribution in [0, 0.1) is 13.8 Å². The first-order chi connectivity index (χ1) is 13.3. The molecule has 6 heteroatoms. The van der Waals surface area contributed by atoms with Gasteiger partial charge in [-0.25, -0.2) is 4.98 Å². The number of nitrogens with zero attached hydrogens (tertiary/aromatic N) is 2. The van der Waals surface area contributed by atoms with Gasteiger partial charge in [-0.05, 0) is 37.8 Å². The van der Waals surface area contributed by atoms with E-state index < -0.39 is 0 Å². The molecule has 0 aliphatic heterocycles. The number of nitrogens with one attached hydrogen (secondary N) is 2. The number of anilines is 1. The first-order valence-electron chi connectivity index (χ1n) is 9.41. The zero-order valence-corrected chi connectivity index (χ0v) is 17.7. The fourth-order valence-electron chi connectivity index (χ4n) is 2.92. The van der Waals surface area contributed by atoms with Crippen molar-refractivity contribution in [3.63, 3.8) is 0 Å². The summed E-state index contributed by atoms with van der Waals surface area (Å²) in [6.07, 6.45) is 0. The Morgan fingerprint density at radius 1 is 1.07 bits per heavy atom. The summed E-state index contributed by atoms with van der Waals surface area (Å²) in [4.78, 5) is 17.3. The van der Waals surface area contributed by atoms with Gasteiger partial charge in [0.1, 0.15) is 0 Å². The molecule has 0 radical (unpaired) electrons. The van der Waals surface area contributed by atoms with Gasteiger partial charge in [0.05, 0.1) is 5.25 Å². The Morgan fingerprint density at radius 3 is 2.46 bits per heavy atom. The van der Waals surface area contributed by atoms with E-state index >= 15 is 0 Å². The number of thioether (sulfide) groups is 1. The molecule has 0 aliphatic carbocycles. The van der Waals surface area contributed by atoms with Gasteiger partial charge in [0.2, 0.25) is 11.1 Å². The monoisotopic (exact) mass is 394 g/mol. The Morgan fingerprint density at radius 2 is 1.79 bits per heavy atom. The highest BCUT2D eigenvalue weighted by atomic mass is 32.2. The van der Waals surface area contributed by atoms with Crippen molar-refractivity contribution in [2.75, 3.05) is 5.32 Å². The molecule has 0 spiro atoms. The fraction of sp³-hybridized carbons (Fsp3) is 0.318. The Labute approximate surface area is 170 Å². The summed E-state index contributed by atoms with van der Waals surface area (Å²) < 4.78 is 0. The molecular weight excluding hydrogens is 368 g/mol. The number of aromatic nitrogens is 3. The van der Waals surface area contributed by atoms with Crippen LogP contribution in [-0.2, 0) is 4.79 Å². The van der Waals surface area contributed by atoms with Crippen LogP contribution in [0.1, 0.15) is 43.4 Å². The van der Waals surface area contributed by atoms with Crippen LogP contribution in [0.3, 0.4) is 0 Å². The molecule has 1 heterocycles. The molecule has 2 N–H and O–H groups in total. The van der Waals surface area contributed by atoms with Crippen molar-refractivity contribution in [3.8, 4) is 11.4 Å². The third-order valence-corrected chi connectivity index (χ3v) is 5.58. The predicted octanol–water partition coefficient (Wildman–Crippen LogP) is 5.33. The van der Waals surface area contributed by atoms with Crippen LogP contribution in [0.15, 0.2) is 47.6 Å². The summed E-state index contributed by atoms with van der Waals surface area (Å²) in [5.41, 5.74) is 5.29. The van der Waals surface area contributed by atoms with Crippen LogP contribution >= 0.6 is 11.8 Å². The third-order valence-electron chi connectivity index (χ3n) is 4.62. The van der Waals surface area contributed by atoms with Gasteiger partial charge >= 0.3 is 0 Å². The molecule has 0 bridgehead atoms. The van der Waals surface area contributed by atoms with Crippen LogP contribution in [0.2, 0.25) is 0 Å². The van der Waals surface area contributed by atoms with E-state index in [1.807, 2.05) is 57.2 Å². The topological polar surface area (TPSA) is 70.7 Å². The van der Waals surface area contributed by atoms with Crippen molar-refractivity contribution in [2.24, 2.45) is 0 Å². The molecule has 0 fully saturated rings. The number of carbonyl (C=O) groups excluding carboxylic acids is 1. The summed E-state index contributed by atoms with van der Waals surface area (Å²) in [7, 11) is 0. The van der Waals surface area contributed by atoms with E-state index in [9.17, 15) is 4.79 Å². The van der Waals surface area contributed by atoms with E-state index in [4.69, 9.17) is 0 Å². The standard InChI is InChI=1S/C22H26N4OS/c1-13(2)18-8-6-7-15(4)19(18)23-21(27)16(5)28-22-24-20(25-26-22)17-11-9-14(3)10-12-17/h6-13,16H,1-5H3,(H,23,27)(H,24,25,26)/t16-/m0/s1. The van der Waals surface area contributed by atoms with Crippen LogP contribution in [0.4, 0.5) is 5.69 Å². The molecule has 0 unspecified atom stereocenters. The summed E-state index contributed by atoms with van der Waals surface area (Å²) >= 11 is 1.34. The molecule has 5 nitrogen and oxygen atoms in total. The molecule has 1 atom stereocenters. The number of H-pyrrole nitrogens is 1. The van der Waals surface area contributed by atoms with Crippen LogP contribution in [0.25, 0.3) is 11.4 Å². The zero-order valence-electron chi connectivity index (χ0n) is 16.9. The molecule has 1 amide bonds. The second-order valence-electron chi connectivity index (χ2n) is 7.28. The minimum absolute atomic E-state index is 0.0529. The fourth-order valence-corrected chi connectivity index (χ4v) is 3.64. The average molecular weight is 395 g/mol. The maximum atomic E-state index is 12.8. The lowest BCUT2D eigenvalue weighted by Gasteiger charge is -2.18. The minimum Gasteiger partial charge on any atom is -0.325 e. The van der Waals surface area contributed by atoms with Crippen LogP contribution in [-0.4, -0.2) is 26.3 Å². The van der Waals surface area contributed by atoms with Gasteiger partial charge in [-0.1, -0.05) is 73.6 Å². The Kier molecular flexibility index (Phi) is 6.19. The van der Waals surface area contributed by atoms with Crippen LogP contribution in [0.5, 0.6) is 0 Å². The van der Waals surface area contributed by atoms with Crippen molar-refractivity contribution in [1.82, 2.24) is 15.2 Å². The number of aromatic amines is 1. The van der Waals surface area contributed by atoms with Gasteiger partial charge < -0.3 is 5.32 Å². The van der Waals surface area contributed by atoms with Crippen molar-refractivity contribution < 1.29 is 4.79 Å². The molecule has 1 aromatic heterocycles. The van der Waals surface area contributed by atoms with E-state index in [0.717, 1.165) is 22.4 Å². The molecule has 146 valence electrons. The predicted molar refractivity (Wildman–Crippen MR) is 116 cm³/mol. The normalized spacial score (nSPS) is 12.2. The lowest BCUT2D eigenvalue weighted by Crippen LogP contribution is -2.24. The van der Waals surface area contributed by atoms with Crippen molar-refractivity contribution in [1.29, 1.82) is 0 Å². The highest BCUT2D eigenvalue weighted by Crippen LogP contribution is 2.29. The minimum atomic E-state index is -0.318. The van der Waals surface area contributed by atoms with Gasteiger partial charge in [-0.15, -0.1) is 5.10 Å². The maximum Gasteiger partial charge on any atom is 0.237 e. The first-order valence-corrected chi connectivity index (χ1v) is 10.3. The SMILES string of the molecule is Cc1ccc(-c2nc(S[C@@H](C)C(=O)Nc3c(C)cccc3C(C)C)n[nH]2)cc1. The Hall–Kier alpha value is -2.60. The maximum absolute atomic E-state index is 12.8. The lowest BCUT2D eigenvalue weighted by atomic mass is 9.98. The highest BCUT2D eigenvalue weighted by molar-refractivity contribution is 8.00. The van der Waals surface area contributed by atoms with E-state index in [0.29, 0.717) is 16.9 Å². The number of para-hydroxylation sites is 1. The Balaban J connectivity index is 1.69. The molecule has 3 rings (SSSR count). The van der Waals surface area contributed by atoms with Crippen LogP contribution < -0.4 is 5.32 Å². The molecular formula is C22H26N4OS. The van der Waals surface area contributed by atoms with E-state index in [2.05, 4.69) is 40.4 Å². The van der Waals surface area contributed by atoms with Gasteiger partial charge in [0, 0.05) is 11.3 Å². The summed E-state index contributed by atoms with van der Waals surface area (Å²) in [6.45, 7) is 10.2. The van der Waals surface area contributed by atoms with E-state index in [1.165, 1.54) is 17.3 Å². The molecule has 0 aliphatic rings. The molecule has 28 heavy (non-hydrogen) atoms. The van der Waals surface area contributed by atoms with E-state index in [-0.39, 0.29) is 11.2 Å². The van der Waals surface area contributed by atoms with Crippen molar-refractivity contribution in [3.05, 3.63) is 59.2 Å². The van der Waals surface area contributed by atoms with Crippen molar-refractivity contribution >= 4 is 23.4 Å². The second-order valence-corrected chi connectivity index (χ2v) is 8.58. The summed E-state index contributed by atoms with van der Waals surface area (Å²) in [5, 5.41) is 10.6. The molecule has 2 aromatic carbocycles. The van der Waals surface area contributed by atoms with Gasteiger partial charge in [0.25, 0.3) is 0 Å². The number of hydrogen-bond donors (Lipinski definition) is 2. The van der Waals surface area contributed by atoms with Gasteiger partial charge in [-0.2, -0.15) is 0 Å². The number of benzene rings is 2. The van der Waals surface area contributed by atoms with Gasteiger partial charge in [0.15, 0.2) is 5.82 Å². The van der Waals surface area contributed by atoms with E-state index in [1.54, 1.807) is 0 Å². The summed E-state index contributed by atoms with van der Waals surface area (Å²) in [6, 6.07) is 14.2. The molecule has 3 aromatic rings. The largest absolute Gasteiger partial charge is 0.325 e. The first kappa shape index (κ1) is 20.1. The average Bonchev–Trinajstić information content (AvgIpc) is 3.12. The number of aryl methyl sites for hydroxylation is 2. The highest BCUT2D eigenvalue weighted by Gasteiger charge is 2.20. The summed E-state index contributed by atoms with van der Waals surface area (Å²) in [5.74, 6) is 0.988. The van der Waals surface area contributed by atoms with Crippen molar-refractivity contribution in [2.45, 2.75) is 50.9 Å². The third kappa shape index (κ3) is 4.62.